The molecule has 0 fully saturated rings. The van der Waals surface area contributed by atoms with E-state index in [0.717, 1.165) is 17.4 Å². The molecule has 0 saturated heterocycles. The van der Waals surface area contributed by atoms with E-state index in [2.05, 4.69) is 0 Å². The Kier molecular flexibility index (Phi) is 3.10. The van der Waals surface area contributed by atoms with Crippen LogP contribution >= 0.6 is 11.6 Å². The molecule has 2 nitrogen and oxygen atoms in total. The van der Waals surface area contributed by atoms with Crippen molar-refractivity contribution in [2.75, 3.05) is 0 Å². The second kappa shape index (κ2) is 4.90. The summed E-state index contributed by atoms with van der Waals surface area (Å²) in [5.41, 5.74) is 1.74. The lowest BCUT2D eigenvalue weighted by atomic mass is 9.95. The summed E-state index contributed by atoms with van der Waals surface area (Å²) in [5.74, 6) is 0.915. The average molecular weight is 271 g/mol. The second-order valence-electron chi connectivity index (χ2n) is 4.32. The first-order valence-corrected chi connectivity index (χ1v) is 6.36. The van der Waals surface area contributed by atoms with Gasteiger partial charge in [0.25, 0.3) is 0 Å². The second-order valence-corrected chi connectivity index (χ2v) is 4.73. The molecule has 0 aromatic heterocycles. The number of hydrogen-bond donors (Lipinski definition) is 0. The average Bonchev–Trinajstić information content (AvgIpc) is 2.48. The molecule has 1 heterocycles. The number of hydrogen-bond acceptors (Lipinski definition) is 2. The molecule has 0 spiro atoms. The lowest BCUT2D eigenvalue weighted by Crippen LogP contribution is -2.10. The molecule has 1 aliphatic heterocycles. The maximum absolute atomic E-state index is 11.3. The highest BCUT2D eigenvalue weighted by atomic mass is 35.5. The zero-order valence-electron chi connectivity index (χ0n) is 10.0. The van der Waals surface area contributed by atoms with Crippen LogP contribution in [0.25, 0.3) is 5.76 Å². The fraction of sp³-hybridized carbons (Fsp3) is 0.0625. The maximum Gasteiger partial charge on any atom is 0.150 e. The summed E-state index contributed by atoms with van der Waals surface area (Å²) in [7, 11) is 0. The van der Waals surface area contributed by atoms with Crippen LogP contribution in [0, 0.1) is 0 Å². The third-order valence-electron chi connectivity index (χ3n) is 3.10. The van der Waals surface area contributed by atoms with Gasteiger partial charge in [-0.3, -0.25) is 0 Å². The maximum atomic E-state index is 11.3. The van der Waals surface area contributed by atoms with E-state index in [0.29, 0.717) is 16.5 Å². The van der Waals surface area contributed by atoms with E-state index in [9.17, 15) is 4.79 Å². The molecule has 3 heteroatoms. The van der Waals surface area contributed by atoms with Crippen LogP contribution in [0.2, 0.25) is 5.02 Å². The third-order valence-corrected chi connectivity index (χ3v) is 3.40. The molecule has 1 unspecified atom stereocenters. The van der Waals surface area contributed by atoms with E-state index in [-0.39, 0.29) is 5.92 Å². The molecule has 0 saturated carbocycles. The van der Waals surface area contributed by atoms with Gasteiger partial charge in [-0.05, 0) is 12.1 Å². The topological polar surface area (TPSA) is 26.3 Å². The van der Waals surface area contributed by atoms with E-state index in [1.807, 2.05) is 48.5 Å². The highest BCUT2D eigenvalue weighted by molar-refractivity contribution is 6.32. The van der Waals surface area contributed by atoms with Crippen molar-refractivity contribution in [3.05, 3.63) is 70.8 Å². The molecule has 19 heavy (non-hydrogen) atoms. The summed E-state index contributed by atoms with van der Waals surface area (Å²) >= 11 is 6.15. The smallest absolute Gasteiger partial charge is 0.150 e. The zero-order chi connectivity index (χ0) is 13.2. The van der Waals surface area contributed by atoms with E-state index in [4.69, 9.17) is 16.3 Å². The molecular formula is C16H11ClO2. The van der Waals surface area contributed by atoms with Gasteiger partial charge in [0, 0.05) is 11.1 Å². The molecule has 2 aromatic rings. The molecule has 1 atom stereocenters. The summed E-state index contributed by atoms with van der Waals surface area (Å²) in [6.45, 7) is 0. The van der Waals surface area contributed by atoms with Gasteiger partial charge in [0.1, 0.15) is 17.8 Å². The van der Waals surface area contributed by atoms with Gasteiger partial charge in [0.2, 0.25) is 0 Å². The Labute approximate surface area is 116 Å². The Morgan fingerprint density at radius 3 is 2.58 bits per heavy atom. The standard InChI is InChI=1S/C16H11ClO2/c17-14-8-4-7-13-12(10-18)9-15(19-16(13)14)11-5-2-1-3-6-11/h1-10,12H. The van der Waals surface area contributed by atoms with Gasteiger partial charge >= 0.3 is 0 Å². The fourth-order valence-electron chi connectivity index (χ4n) is 2.16. The van der Waals surface area contributed by atoms with Crippen LogP contribution in [0.3, 0.4) is 0 Å². The van der Waals surface area contributed by atoms with Gasteiger partial charge in [-0.15, -0.1) is 0 Å². The monoisotopic (exact) mass is 270 g/mol. The van der Waals surface area contributed by atoms with Crippen LogP contribution in [0.5, 0.6) is 5.75 Å². The van der Waals surface area contributed by atoms with Crippen LogP contribution in [0.1, 0.15) is 17.0 Å². The lowest BCUT2D eigenvalue weighted by molar-refractivity contribution is -0.108. The van der Waals surface area contributed by atoms with Crippen molar-refractivity contribution in [3.8, 4) is 5.75 Å². The summed E-state index contributed by atoms with van der Waals surface area (Å²) in [5, 5.41) is 0.519. The van der Waals surface area contributed by atoms with Crippen molar-refractivity contribution in [1.29, 1.82) is 0 Å². The van der Waals surface area contributed by atoms with Crippen molar-refractivity contribution in [2.45, 2.75) is 5.92 Å². The van der Waals surface area contributed by atoms with Crippen LogP contribution in [-0.2, 0) is 4.79 Å². The summed E-state index contributed by atoms with van der Waals surface area (Å²) in [6.07, 6.45) is 2.72. The van der Waals surface area contributed by atoms with Crippen molar-refractivity contribution in [1.82, 2.24) is 0 Å². The van der Waals surface area contributed by atoms with Gasteiger partial charge in [0.15, 0.2) is 0 Å². The number of halogens is 1. The van der Waals surface area contributed by atoms with Gasteiger partial charge in [0.05, 0.1) is 10.9 Å². The quantitative estimate of drug-likeness (QED) is 0.770. The first-order valence-electron chi connectivity index (χ1n) is 5.98. The summed E-state index contributed by atoms with van der Waals surface area (Å²) < 4.78 is 5.85. The third kappa shape index (κ3) is 2.15. The number of aldehydes is 1. The molecule has 0 amide bonds. The minimum absolute atomic E-state index is 0.322. The number of rotatable bonds is 2. The lowest BCUT2D eigenvalue weighted by Gasteiger charge is -2.22. The predicted molar refractivity (Wildman–Crippen MR) is 75.3 cm³/mol. The Morgan fingerprint density at radius 2 is 1.84 bits per heavy atom. The molecule has 2 aromatic carbocycles. The van der Waals surface area contributed by atoms with Gasteiger partial charge in [-0.2, -0.15) is 0 Å². The van der Waals surface area contributed by atoms with Crippen LogP contribution in [-0.4, -0.2) is 6.29 Å². The normalized spacial score (nSPS) is 17.1. The van der Waals surface area contributed by atoms with Gasteiger partial charge in [-0.1, -0.05) is 54.1 Å². The molecule has 0 aliphatic carbocycles. The summed E-state index contributed by atoms with van der Waals surface area (Å²) in [6, 6.07) is 15.1. The number of fused-ring (bicyclic) bond motifs is 1. The Bertz CT molecular complexity index is 647. The fourth-order valence-corrected chi connectivity index (χ4v) is 2.38. The Hall–Kier alpha value is -2.06. The highest BCUT2D eigenvalue weighted by Crippen LogP contribution is 2.40. The highest BCUT2D eigenvalue weighted by Gasteiger charge is 2.23. The number of allylic oxidation sites excluding steroid dienone is 1. The first kappa shape index (κ1) is 12.0. The molecule has 94 valence electrons. The SMILES string of the molecule is O=CC1C=C(c2ccccc2)Oc2c(Cl)cccc21. The molecule has 3 rings (SSSR count). The molecular weight excluding hydrogens is 260 g/mol. The minimum atomic E-state index is -0.322. The van der Waals surface area contributed by atoms with Crippen molar-refractivity contribution < 1.29 is 9.53 Å². The van der Waals surface area contributed by atoms with Gasteiger partial charge < -0.3 is 9.53 Å². The van der Waals surface area contributed by atoms with E-state index in [1.54, 1.807) is 6.07 Å². The predicted octanol–water partition coefficient (Wildman–Crippen LogP) is 4.06. The first-order chi connectivity index (χ1) is 9.29. The minimum Gasteiger partial charge on any atom is -0.455 e. The summed E-state index contributed by atoms with van der Waals surface area (Å²) in [4.78, 5) is 11.3. The largest absolute Gasteiger partial charge is 0.455 e. The van der Waals surface area contributed by atoms with Gasteiger partial charge in [-0.25, -0.2) is 0 Å². The van der Waals surface area contributed by atoms with Crippen LogP contribution in [0.15, 0.2) is 54.6 Å². The Morgan fingerprint density at radius 1 is 1.05 bits per heavy atom. The van der Waals surface area contributed by atoms with Crippen LogP contribution < -0.4 is 4.74 Å². The molecule has 0 N–H and O–H groups in total. The van der Waals surface area contributed by atoms with E-state index in [1.165, 1.54) is 0 Å². The number of ether oxygens (including phenoxy) is 1. The van der Waals surface area contributed by atoms with Crippen molar-refractivity contribution in [2.24, 2.45) is 0 Å². The number of benzene rings is 2. The Balaban J connectivity index is 2.10. The number of carbonyl (C=O) groups excluding carboxylic acids is 1. The molecule has 0 bridgehead atoms. The van der Waals surface area contributed by atoms with E-state index >= 15 is 0 Å². The van der Waals surface area contributed by atoms with Crippen molar-refractivity contribution in [3.63, 3.8) is 0 Å². The molecule has 0 radical (unpaired) electrons. The van der Waals surface area contributed by atoms with Crippen LogP contribution in [0.4, 0.5) is 0 Å². The molecule has 1 aliphatic rings. The zero-order valence-corrected chi connectivity index (χ0v) is 10.8. The van der Waals surface area contributed by atoms with E-state index < -0.39 is 0 Å². The number of para-hydroxylation sites is 1. The number of carbonyl (C=O) groups is 1. The van der Waals surface area contributed by atoms with Crippen molar-refractivity contribution >= 4 is 23.6 Å².